The lowest BCUT2D eigenvalue weighted by Crippen LogP contribution is -2.35. The Kier molecular flexibility index (Phi) is 3.98. The highest BCUT2D eigenvalue weighted by atomic mass is 35.5. The number of nitrogens with two attached hydrogens (primary N) is 1. The molecule has 1 nitrogen and oxygen atoms in total. The first kappa shape index (κ1) is 14.1. The van der Waals surface area contributed by atoms with Crippen LogP contribution in [0.2, 0.25) is 5.02 Å². The zero-order valence-electron chi connectivity index (χ0n) is 11.7. The molecule has 0 radical (unpaired) electrons. The fourth-order valence-electron chi connectivity index (χ4n) is 2.27. The van der Waals surface area contributed by atoms with Crippen LogP contribution in [0.5, 0.6) is 0 Å². The van der Waals surface area contributed by atoms with Crippen molar-refractivity contribution < 1.29 is 0 Å². The van der Waals surface area contributed by atoms with Crippen LogP contribution >= 0.6 is 11.6 Å². The van der Waals surface area contributed by atoms with Crippen LogP contribution in [0.25, 0.3) is 0 Å². The standard InChI is InChI=1S/C17H20ClN/c1-12-4-5-14(10-13(12)2)11-17(3,19)15-6-8-16(18)9-7-15/h4-10H,11,19H2,1-3H3. The molecule has 0 fully saturated rings. The molecule has 2 aromatic carbocycles. The van der Waals surface area contributed by atoms with E-state index in [1.807, 2.05) is 24.3 Å². The molecule has 100 valence electrons. The molecule has 2 heteroatoms. The number of hydrogen-bond acceptors (Lipinski definition) is 1. The van der Waals surface area contributed by atoms with Gasteiger partial charge in [0.15, 0.2) is 0 Å². The predicted molar refractivity (Wildman–Crippen MR) is 82.6 cm³/mol. The summed E-state index contributed by atoms with van der Waals surface area (Å²) in [5.74, 6) is 0. The largest absolute Gasteiger partial charge is 0.321 e. The quantitative estimate of drug-likeness (QED) is 0.883. The maximum atomic E-state index is 6.47. The van der Waals surface area contributed by atoms with Gasteiger partial charge in [0.25, 0.3) is 0 Å². The SMILES string of the molecule is Cc1ccc(CC(C)(N)c2ccc(Cl)cc2)cc1C. The Bertz CT molecular complexity index is 570. The van der Waals surface area contributed by atoms with Gasteiger partial charge in [0.1, 0.15) is 0 Å². The van der Waals surface area contributed by atoms with E-state index in [1.165, 1.54) is 16.7 Å². The second-order valence-electron chi connectivity index (χ2n) is 5.52. The fourth-order valence-corrected chi connectivity index (χ4v) is 2.40. The van der Waals surface area contributed by atoms with Gasteiger partial charge in [-0.2, -0.15) is 0 Å². The summed E-state index contributed by atoms with van der Waals surface area (Å²) in [6.07, 6.45) is 0.815. The van der Waals surface area contributed by atoms with Gasteiger partial charge in [-0.25, -0.2) is 0 Å². The lowest BCUT2D eigenvalue weighted by atomic mass is 9.86. The molecule has 0 spiro atoms. The van der Waals surface area contributed by atoms with Gasteiger partial charge in [-0.3, -0.25) is 0 Å². The summed E-state index contributed by atoms with van der Waals surface area (Å²) in [7, 11) is 0. The number of rotatable bonds is 3. The Hall–Kier alpha value is -1.31. The summed E-state index contributed by atoms with van der Waals surface area (Å²) >= 11 is 5.92. The first-order valence-electron chi connectivity index (χ1n) is 6.49. The topological polar surface area (TPSA) is 26.0 Å². The fraction of sp³-hybridized carbons (Fsp3) is 0.294. The number of halogens is 1. The van der Waals surface area contributed by atoms with E-state index >= 15 is 0 Å². The van der Waals surface area contributed by atoms with E-state index in [1.54, 1.807) is 0 Å². The molecule has 1 unspecified atom stereocenters. The van der Waals surface area contributed by atoms with E-state index in [9.17, 15) is 0 Å². The first-order valence-corrected chi connectivity index (χ1v) is 6.87. The summed E-state index contributed by atoms with van der Waals surface area (Å²) in [4.78, 5) is 0. The van der Waals surface area contributed by atoms with Gasteiger partial charge in [-0.1, -0.05) is 41.9 Å². The molecule has 0 aromatic heterocycles. The van der Waals surface area contributed by atoms with Crippen LogP contribution in [0.4, 0.5) is 0 Å². The highest BCUT2D eigenvalue weighted by Gasteiger charge is 2.21. The van der Waals surface area contributed by atoms with Crippen molar-refractivity contribution in [3.63, 3.8) is 0 Å². The van der Waals surface area contributed by atoms with Crippen molar-refractivity contribution in [2.45, 2.75) is 32.7 Å². The zero-order chi connectivity index (χ0) is 14.0. The molecule has 2 aromatic rings. The molecule has 0 aliphatic carbocycles. The summed E-state index contributed by atoms with van der Waals surface area (Å²) < 4.78 is 0. The van der Waals surface area contributed by atoms with E-state index < -0.39 is 0 Å². The molecule has 0 bridgehead atoms. The van der Waals surface area contributed by atoms with Crippen molar-refractivity contribution in [1.82, 2.24) is 0 Å². The monoisotopic (exact) mass is 273 g/mol. The maximum Gasteiger partial charge on any atom is 0.0421 e. The van der Waals surface area contributed by atoms with Crippen molar-refractivity contribution in [3.05, 3.63) is 69.7 Å². The van der Waals surface area contributed by atoms with E-state index in [2.05, 4.69) is 39.0 Å². The molecule has 1 atom stereocenters. The number of hydrogen-bond donors (Lipinski definition) is 1. The molecule has 19 heavy (non-hydrogen) atoms. The van der Waals surface area contributed by atoms with Gasteiger partial charge in [-0.05, 0) is 61.6 Å². The van der Waals surface area contributed by atoms with Crippen LogP contribution in [0.3, 0.4) is 0 Å². The van der Waals surface area contributed by atoms with Crippen molar-refractivity contribution in [2.24, 2.45) is 5.73 Å². The minimum Gasteiger partial charge on any atom is -0.321 e. The van der Waals surface area contributed by atoms with Crippen molar-refractivity contribution >= 4 is 11.6 Å². The van der Waals surface area contributed by atoms with Gasteiger partial charge in [0.2, 0.25) is 0 Å². The van der Waals surface area contributed by atoms with E-state index in [0.717, 1.165) is 17.0 Å². The maximum absolute atomic E-state index is 6.47. The second kappa shape index (κ2) is 5.36. The van der Waals surface area contributed by atoms with Crippen molar-refractivity contribution in [2.75, 3.05) is 0 Å². The molecular formula is C17H20ClN. The third kappa shape index (κ3) is 3.37. The predicted octanol–water partition coefficient (Wildman–Crippen LogP) is 4.37. The lowest BCUT2D eigenvalue weighted by Gasteiger charge is -2.26. The van der Waals surface area contributed by atoms with E-state index in [0.29, 0.717) is 0 Å². The third-order valence-electron chi connectivity index (χ3n) is 3.65. The van der Waals surface area contributed by atoms with Gasteiger partial charge >= 0.3 is 0 Å². The van der Waals surface area contributed by atoms with Gasteiger partial charge in [0, 0.05) is 10.6 Å². The molecule has 0 heterocycles. The Labute approximate surface area is 120 Å². The molecule has 0 aliphatic heterocycles. The molecule has 0 saturated carbocycles. The van der Waals surface area contributed by atoms with Crippen LogP contribution in [0, 0.1) is 13.8 Å². The Morgan fingerprint density at radius 1 is 1.00 bits per heavy atom. The Morgan fingerprint density at radius 3 is 2.21 bits per heavy atom. The first-order chi connectivity index (χ1) is 8.88. The Morgan fingerprint density at radius 2 is 1.63 bits per heavy atom. The van der Waals surface area contributed by atoms with Crippen molar-refractivity contribution in [1.29, 1.82) is 0 Å². The highest BCUT2D eigenvalue weighted by molar-refractivity contribution is 6.30. The van der Waals surface area contributed by atoms with Crippen molar-refractivity contribution in [3.8, 4) is 0 Å². The Balaban J connectivity index is 2.25. The molecule has 2 N–H and O–H groups in total. The molecule has 2 rings (SSSR count). The lowest BCUT2D eigenvalue weighted by molar-refractivity contribution is 0.491. The van der Waals surface area contributed by atoms with Gasteiger partial charge in [0.05, 0.1) is 0 Å². The number of benzene rings is 2. The van der Waals surface area contributed by atoms with Crippen LogP contribution < -0.4 is 5.73 Å². The van der Waals surface area contributed by atoms with E-state index in [-0.39, 0.29) is 5.54 Å². The highest BCUT2D eigenvalue weighted by Crippen LogP contribution is 2.25. The smallest absolute Gasteiger partial charge is 0.0421 e. The zero-order valence-corrected chi connectivity index (χ0v) is 12.5. The van der Waals surface area contributed by atoms with Crippen LogP contribution in [0.1, 0.15) is 29.2 Å². The molecular weight excluding hydrogens is 254 g/mol. The summed E-state index contributed by atoms with van der Waals surface area (Å²) in [6, 6.07) is 14.3. The minimum atomic E-state index is -0.383. The van der Waals surface area contributed by atoms with Gasteiger partial charge < -0.3 is 5.73 Å². The molecule has 0 aliphatic rings. The minimum absolute atomic E-state index is 0.383. The number of aryl methyl sites for hydroxylation is 2. The van der Waals surface area contributed by atoms with Crippen LogP contribution in [0.15, 0.2) is 42.5 Å². The summed E-state index contributed by atoms with van der Waals surface area (Å²) in [5, 5.41) is 0.741. The van der Waals surface area contributed by atoms with Gasteiger partial charge in [-0.15, -0.1) is 0 Å². The van der Waals surface area contributed by atoms with Crippen LogP contribution in [-0.4, -0.2) is 0 Å². The molecule has 0 amide bonds. The molecule has 0 saturated heterocycles. The van der Waals surface area contributed by atoms with Crippen LogP contribution in [-0.2, 0) is 12.0 Å². The summed E-state index contributed by atoms with van der Waals surface area (Å²) in [6.45, 7) is 6.32. The average molecular weight is 274 g/mol. The second-order valence-corrected chi connectivity index (χ2v) is 5.96. The van der Waals surface area contributed by atoms with E-state index in [4.69, 9.17) is 17.3 Å². The average Bonchev–Trinajstić information content (AvgIpc) is 2.34. The normalized spacial score (nSPS) is 14.2. The third-order valence-corrected chi connectivity index (χ3v) is 3.90. The summed E-state index contributed by atoms with van der Waals surface area (Å²) in [5.41, 5.74) is 11.1.